The first kappa shape index (κ1) is 14.3. The number of ether oxygens (including phenoxy) is 2. The lowest BCUT2D eigenvalue weighted by molar-refractivity contribution is -0.129. The van der Waals surface area contributed by atoms with Gasteiger partial charge in [-0.05, 0) is 37.5 Å². The van der Waals surface area contributed by atoms with Crippen LogP contribution < -0.4 is 10.1 Å². The van der Waals surface area contributed by atoms with E-state index in [1.807, 2.05) is 0 Å². The SMILES string of the molecule is COc1ccc(C(=O)O)cc1NC(=O)C1CCCCO1. The molecule has 0 bridgehead atoms. The van der Waals surface area contributed by atoms with Crippen LogP contribution in [0.2, 0.25) is 0 Å². The molecule has 0 aliphatic carbocycles. The second kappa shape index (κ2) is 6.38. The maximum Gasteiger partial charge on any atom is 0.335 e. The van der Waals surface area contributed by atoms with Crippen LogP contribution in [0, 0.1) is 0 Å². The highest BCUT2D eigenvalue weighted by Gasteiger charge is 2.23. The van der Waals surface area contributed by atoms with E-state index >= 15 is 0 Å². The van der Waals surface area contributed by atoms with Gasteiger partial charge in [-0.1, -0.05) is 0 Å². The molecule has 1 aliphatic heterocycles. The molecule has 1 heterocycles. The van der Waals surface area contributed by atoms with Gasteiger partial charge in [0.25, 0.3) is 5.91 Å². The van der Waals surface area contributed by atoms with Crippen molar-refractivity contribution in [2.24, 2.45) is 0 Å². The van der Waals surface area contributed by atoms with Gasteiger partial charge in [0.2, 0.25) is 0 Å². The normalized spacial score (nSPS) is 18.4. The summed E-state index contributed by atoms with van der Waals surface area (Å²) in [5, 5.41) is 11.7. The topological polar surface area (TPSA) is 84.9 Å². The van der Waals surface area contributed by atoms with Crippen molar-refractivity contribution in [2.45, 2.75) is 25.4 Å². The number of nitrogens with one attached hydrogen (secondary N) is 1. The molecule has 20 heavy (non-hydrogen) atoms. The van der Waals surface area contributed by atoms with E-state index in [9.17, 15) is 9.59 Å². The Balaban J connectivity index is 2.15. The van der Waals surface area contributed by atoms with Gasteiger partial charge in [0.15, 0.2) is 0 Å². The summed E-state index contributed by atoms with van der Waals surface area (Å²) in [5.41, 5.74) is 0.428. The minimum atomic E-state index is -1.06. The van der Waals surface area contributed by atoms with Gasteiger partial charge in [0.05, 0.1) is 18.4 Å². The number of anilines is 1. The molecule has 0 spiro atoms. The van der Waals surface area contributed by atoms with Gasteiger partial charge >= 0.3 is 5.97 Å². The second-order valence-electron chi connectivity index (χ2n) is 4.56. The molecular weight excluding hydrogens is 262 g/mol. The lowest BCUT2D eigenvalue weighted by Gasteiger charge is -2.22. The summed E-state index contributed by atoms with van der Waals surface area (Å²) < 4.78 is 10.5. The molecular formula is C14H17NO5. The van der Waals surface area contributed by atoms with Gasteiger partial charge in [-0.25, -0.2) is 4.79 Å². The van der Waals surface area contributed by atoms with E-state index in [0.29, 0.717) is 24.5 Å². The molecule has 108 valence electrons. The number of methoxy groups -OCH3 is 1. The van der Waals surface area contributed by atoms with Crippen LogP contribution in [0.25, 0.3) is 0 Å². The van der Waals surface area contributed by atoms with Gasteiger partial charge < -0.3 is 19.9 Å². The maximum absolute atomic E-state index is 12.1. The van der Waals surface area contributed by atoms with Gasteiger partial charge in [0.1, 0.15) is 11.9 Å². The molecule has 0 saturated carbocycles. The van der Waals surface area contributed by atoms with Gasteiger partial charge in [-0.2, -0.15) is 0 Å². The first-order chi connectivity index (χ1) is 9.61. The molecule has 0 aromatic heterocycles. The first-order valence-corrected chi connectivity index (χ1v) is 6.45. The van der Waals surface area contributed by atoms with E-state index in [4.69, 9.17) is 14.6 Å². The van der Waals surface area contributed by atoms with Crippen LogP contribution in [-0.2, 0) is 9.53 Å². The van der Waals surface area contributed by atoms with Crippen LogP contribution in [-0.4, -0.2) is 36.8 Å². The zero-order valence-corrected chi connectivity index (χ0v) is 11.2. The Bertz CT molecular complexity index is 508. The number of hydrogen-bond donors (Lipinski definition) is 2. The van der Waals surface area contributed by atoms with Crippen molar-refractivity contribution in [2.75, 3.05) is 19.0 Å². The smallest absolute Gasteiger partial charge is 0.335 e. The molecule has 1 atom stereocenters. The Morgan fingerprint density at radius 1 is 1.40 bits per heavy atom. The molecule has 2 rings (SSSR count). The maximum atomic E-state index is 12.1. The third kappa shape index (κ3) is 3.27. The van der Waals surface area contributed by atoms with Crippen molar-refractivity contribution in [3.8, 4) is 5.75 Å². The number of amides is 1. The fraction of sp³-hybridized carbons (Fsp3) is 0.429. The minimum Gasteiger partial charge on any atom is -0.495 e. The summed E-state index contributed by atoms with van der Waals surface area (Å²) in [4.78, 5) is 23.0. The molecule has 2 N–H and O–H groups in total. The number of aromatic carboxylic acids is 1. The zero-order valence-electron chi connectivity index (χ0n) is 11.2. The lowest BCUT2D eigenvalue weighted by Crippen LogP contribution is -2.33. The lowest BCUT2D eigenvalue weighted by atomic mass is 10.1. The fourth-order valence-corrected chi connectivity index (χ4v) is 2.10. The van der Waals surface area contributed by atoms with E-state index in [1.165, 1.54) is 25.3 Å². The fourth-order valence-electron chi connectivity index (χ4n) is 2.10. The number of carboxylic acids is 1. The molecule has 0 radical (unpaired) electrons. The average molecular weight is 279 g/mol. The van der Waals surface area contributed by atoms with E-state index in [0.717, 1.165) is 12.8 Å². The van der Waals surface area contributed by atoms with Crippen LogP contribution in [0.1, 0.15) is 29.6 Å². The third-order valence-electron chi connectivity index (χ3n) is 3.18. The molecule has 1 fully saturated rings. The predicted octanol–water partition coefficient (Wildman–Crippen LogP) is 1.90. The van der Waals surface area contributed by atoms with Crippen molar-refractivity contribution in [1.82, 2.24) is 0 Å². The van der Waals surface area contributed by atoms with Gasteiger partial charge in [0, 0.05) is 6.61 Å². The molecule has 6 heteroatoms. The van der Waals surface area contributed by atoms with E-state index in [-0.39, 0.29) is 11.5 Å². The van der Waals surface area contributed by atoms with Crippen LogP contribution in [0.3, 0.4) is 0 Å². The second-order valence-corrected chi connectivity index (χ2v) is 4.56. The summed E-state index contributed by atoms with van der Waals surface area (Å²) in [7, 11) is 1.46. The zero-order chi connectivity index (χ0) is 14.5. The Labute approximate surface area is 116 Å². The number of carbonyl (C=O) groups excluding carboxylic acids is 1. The van der Waals surface area contributed by atoms with Crippen molar-refractivity contribution >= 4 is 17.6 Å². The number of hydrogen-bond acceptors (Lipinski definition) is 4. The summed E-state index contributed by atoms with van der Waals surface area (Å²) in [6.45, 7) is 0.574. The van der Waals surface area contributed by atoms with Crippen LogP contribution in [0.15, 0.2) is 18.2 Å². The standard InChI is InChI=1S/C14H17NO5/c1-19-11-6-5-9(14(17)18)8-10(11)15-13(16)12-4-2-3-7-20-12/h5-6,8,12H,2-4,7H2,1H3,(H,15,16)(H,17,18). The van der Waals surface area contributed by atoms with Gasteiger partial charge in [-0.15, -0.1) is 0 Å². The number of rotatable bonds is 4. The van der Waals surface area contributed by atoms with Crippen LogP contribution >= 0.6 is 0 Å². The molecule has 1 amide bonds. The van der Waals surface area contributed by atoms with Crippen LogP contribution in [0.4, 0.5) is 5.69 Å². The number of benzene rings is 1. The molecule has 1 aromatic carbocycles. The average Bonchev–Trinajstić information content (AvgIpc) is 2.48. The summed E-state index contributed by atoms with van der Waals surface area (Å²) >= 11 is 0. The summed E-state index contributed by atoms with van der Waals surface area (Å²) in [5.74, 6) is -0.915. The van der Waals surface area contributed by atoms with E-state index < -0.39 is 12.1 Å². The van der Waals surface area contributed by atoms with Crippen molar-refractivity contribution in [3.63, 3.8) is 0 Å². The third-order valence-corrected chi connectivity index (χ3v) is 3.18. The van der Waals surface area contributed by atoms with Crippen molar-refractivity contribution in [3.05, 3.63) is 23.8 Å². The highest BCUT2D eigenvalue weighted by Crippen LogP contribution is 2.26. The highest BCUT2D eigenvalue weighted by atomic mass is 16.5. The van der Waals surface area contributed by atoms with Crippen LogP contribution in [0.5, 0.6) is 5.75 Å². The first-order valence-electron chi connectivity index (χ1n) is 6.45. The minimum absolute atomic E-state index is 0.0886. The molecule has 1 unspecified atom stereocenters. The molecule has 1 aromatic rings. The Hall–Kier alpha value is -2.08. The highest BCUT2D eigenvalue weighted by molar-refractivity contribution is 5.97. The molecule has 6 nitrogen and oxygen atoms in total. The van der Waals surface area contributed by atoms with E-state index in [2.05, 4.69) is 5.32 Å². The van der Waals surface area contributed by atoms with Crippen molar-refractivity contribution in [1.29, 1.82) is 0 Å². The quantitative estimate of drug-likeness (QED) is 0.879. The Morgan fingerprint density at radius 2 is 2.20 bits per heavy atom. The Morgan fingerprint density at radius 3 is 2.80 bits per heavy atom. The Kier molecular flexibility index (Phi) is 4.57. The monoisotopic (exact) mass is 279 g/mol. The summed E-state index contributed by atoms with van der Waals surface area (Å²) in [6, 6.07) is 4.32. The van der Waals surface area contributed by atoms with E-state index in [1.54, 1.807) is 0 Å². The predicted molar refractivity (Wildman–Crippen MR) is 72.2 cm³/mol. The largest absolute Gasteiger partial charge is 0.495 e. The molecule has 1 aliphatic rings. The van der Waals surface area contributed by atoms with Crippen molar-refractivity contribution < 1.29 is 24.2 Å². The summed E-state index contributed by atoms with van der Waals surface area (Å²) in [6.07, 6.45) is 2.10. The number of carboxylic acid groups (broad SMARTS) is 1. The van der Waals surface area contributed by atoms with Gasteiger partial charge in [-0.3, -0.25) is 4.79 Å². The number of carbonyl (C=O) groups is 2. The molecule has 1 saturated heterocycles.